The Morgan fingerprint density at radius 1 is 0.757 bits per heavy atom. The zero-order valence-electron chi connectivity index (χ0n) is 20.8. The SMILES string of the molecule is Cc1cc(-c2c(C)ccc3c2oc2c(-c4ccc(-c5ccccc5)cc4)cc(C#N)cc23)[n+](C)cc1F. The smallest absolute Gasteiger partial charge is 0.216 e. The van der Waals surface area contributed by atoms with Gasteiger partial charge in [-0.25, -0.2) is 4.39 Å². The second-order valence-corrected chi connectivity index (χ2v) is 9.49. The minimum absolute atomic E-state index is 0.249. The molecule has 6 rings (SSSR count). The van der Waals surface area contributed by atoms with Crippen LogP contribution in [0.5, 0.6) is 0 Å². The van der Waals surface area contributed by atoms with E-state index in [1.807, 2.05) is 56.4 Å². The molecule has 0 radical (unpaired) electrons. The molecule has 6 aromatic rings. The highest BCUT2D eigenvalue weighted by molar-refractivity contribution is 6.13. The molecule has 0 unspecified atom stereocenters. The van der Waals surface area contributed by atoms with E-state index in [-0.39, 0.29) is 5.82 Å². The van der Waals surface area contributed by atoms with Crippen molar-refractivity contribution < 1.29 is 13.4 Å². The van der Waals surface area contributed by atoms with Crippen LogP contribution >= 0.6 is 0 Å². The molecule has 2 heterocycles. The number of aryl methyl sites for hydroxylation is 3. The van der Waals surface area contributed by atoms with Crippen molar-refractivity contribution in [3.05, 3.63) is 114 Å². The van der Waals surface area contributed by atoms with Crippen LogP contribution in [0.15, 0.2) is 95.5 Å². The standard InChI is InChI=1S/C33H24FN2O/c1-20-9-14-26-28-17-22(18-35)16-27(25-12-10-24(11-13-25)23-7-5-4-6-8-23)32(28)37-33(26)31(20)30-15-21(2)29(34)19-36(30)3/h4-17,19H,1-3H3/q+1. The van der Waals surface area contributed by atoms with Gasteiger partial charge in [0.2, 0.25) is 11.9 Å². The topological polar surface area (TPSA) is 40.8 Å². The Hall–Kier alpha value is -4.75. The maximum atomic E-state index is 14.2. The normalized spacial score (nSPS) is 11.2. The van der Waals surface area contributed by atoms with Gasteiger partial charge in [0, 0.05) is 22.4 Å². The molecule has 0 spiro atoms. The van der Waals surface area contributed by atoms with Crippen LogP contribution in [0.4, 0.5) is 4.39 Å². The van der Waals surface area contributed by atoms with Gasteiger partial charge in [0.25, 0.3) is 0 Å². The van der Waals surface area contributed by atoms with Crippen molar-refractivity contribution in [2.24, 2.45) is 7.05 Å². The number of pyridine rings is 1. The summed E-state index contributed by atoms with van der Waals surface area (Å²) in [7, 11) is 1.84. The predicted octanol–water partition coefficient (Wildman–Crippen LogP) is 8.04. The van der Waals surface area contributed by atoms with Crippen molar-refractivity contribution in [2.45, 2.75) is 13.8 Å². The van der Waals surface area contributed by atoms with Crippen LogP contribution in [-0.4, -0.2) is 0 Å². The number of nitriles is 1. The third-order valence-electron chi connectivity index (χ3n) is 7.05. The van der Waals surface area contributed by atoms with Crippen molar-refractivity contribution in [3.63, 3.8) is 0 Å². The molecule has 37 heavy (non-hydrogen) atoms. The zero-order chi connectivity index (χ0) is 25.7. The highest BCUT2D eigenvalue weighted by Crippen LogP contribution is 2.41. The lowest BCUT2D eigenvalue weighted by Gasteiger charge is -2.07. The first-order chi connectivity index (χ1) is 17.9. The maximum absolute atomic E-state index is 14.2. The Morgan fingerprint density at radius 2 is 1.46 bits per heavy atom. The van der Waals surface area contributed by atoms with Crippen LogP contribution in [0.2, 0.25) is 0 Å². The van der Waals surface area contributed by atoms with E-state index in [0.717, 1.165) is 61.0 Å². The van der Waals surface area contributed by atoms with Crippen molar-refractivity contribution in [3.8, 4) is 39.6 Å². The summed E-state index contributed by atoms with van der Waals surface area (Å²) < 4.78 is 22.7. The number of rotatable bonds is 3. The molecule has 0 saturated carbocycles. The summed E-state index contributed by atoms with van der Waals surface area (Å²) in [5.41, 5.74) is 9.55. The lowest BCUT2D eigenvalue weighted by atomic mass is 9.96. The van der Waals surface area contributed by atoms with Crippen molar-refractivity contribution >= 4 is 21.9 Å². The van der Waals surface area contributed by atoms with Crippen LogP contribution in [0, 0.1) is 31.0 Å². The number of fused-ring (bicyclic) bond motifs is 3. The molecular formula is C33H24FN2O+. The molecular weight excluding hydrogens is 459 g/mol. The third-order valence-corrected chi connectivity index (χ3v) is 7.05. The Labute approximate surface area is 214 Å². The summed E-state index contributed by atoms with van der Waals surface area (Å²) >= 11 is 0. The first-order valence-corrected chi connectivity index (χ1v) is 12.2. The number of nitrogens with zero attached hydrogens (tertiary/aromatic N) is 2. The molecule has 178 valence electrons. The number of hydrogen-bond acceptors (Lipinski definition) is 2. The fourth-order valence-corrected chi connectivity index (χ4v) is 5.08. The van der Waals surface area contributed by atoms with E-state index in [9.17, 15) is 9.65 Å². The molecule has 3 nitrogen and oxygen atoms in total. The highest BCUT2D eigenvalue weighted by Gasteiger charge is 2.23. The van der Waals surface area contributed by atoms with Gasteiger partial charge in [-0.3, -0.25) is 0 Å². The Morgan fingerprint density at radius 3 is 2.19 bits per heavy atom. The molecule has 2 aromatic heterocycles. The molecule has 4 aromatic carbocycles. The van der Waals surface area contributed by atoms with E-state index in [2.05, 4.69) is 48.5 Å². The van der Waals surface area contributed by atoms with Gasteiger partial charge in [-0.15, -0.1) is 0 Å². The van der Waals surface area contributed by atoms with Gasteiger partial charge in [0.15, 0.2) is 5.82 Å². The van der Waals surface area contributed by atoms with Gasteiger partial charge in [-0.05, 0) is 53.8 Å². The summed E-state index contributed by atoms with van der Waals surface area (Å²) in [6.07, 6.45) is 1.50. The molecule has 0 saturated heterocycles. The first kappa shape index (κ1) is 22.7. The number of halogens is 1. The van der Waals surface area contributed by atoms with E-state index in [1.165, 1.54) is 6.20 Å². The van der Waals surface area contributed by atoms with Crippen molar-refractivity contribution in [1.29, 1.82) is 5.26 Å². The quantitative estimate of drug-likeness (QED) is 0.239. The van der Waals surface area contributed by atoms with Gasteiger partial charge in [-0.1, -0.05) is 66.7 Å². The van der Waals surface area contributed by atoms with E-state index in [1.54, 1.807) is 11.5 Å². The van der Waals surface area contributed by atoms with Crippen LogP contribution in [0.25, 0.3) is 55.4 Å². The van der Waals surface area contributed by atoms with Crippen LogP contribution in [-0.2, 0) is 7.05 Å². The summed E-state index contributed by atoms with van der Waals surface area (Å²) in [4.78, 5) is 0. The highest BCUT2D eigenvalue weighted by atomic mass is 19.1. The minimum Gasteiger partial charge on any atom is -0.454 e. The lowest BCUT2D eigenvalue weighted by Crippen LogP contribution is -2.31. The van der Waals surface area contributed by atoms with Gasteiger partial charge in [0.1, 0.15) is 18.2 Å². The van der Waals surface area contributed by atoms with Gasteiger partial charge < -0.3 is 4.42 Å². The minimum atomic E-state index is -0.249. The van der Waals surface area contributed by atoms with Crippen molar-refractivity contribution in [2.75, 3.05) is 0 Å². The van der Waals surface area contributed by atoms with E-state index < -0.39 is 0 Å². The van der Waals surface area contributed by atoms with Gasteiger partial charge in [-0.2, -0.15) is 9.83 Å². The second kappa shape index (κ2) is 8.72. The summed E-state index contributed by atoms with van der Waals surface area (Å²) in [5.74, 6) is -0.249. The lowest BCUT2D eigenvalue weighted by molar-refractivity contribution is -0.662. The van der Waals surface area contributed by atoms with Crippen molar-refractivity contribution in [1.82, 2.24) is 0 Å². The van der Waals surface area contributed by atoms with Crippen LogP contribution < -0.4 is 4.57 Å². The molecule has 0 aliphatic heterocycles. The first-order valence-electron chi connectivity index (χ1n) is 12.2. The average Bonchev–Trinajstić information content (AvgIpc) is 3.29. The summed E-state index contributed by atoms with van der Waals surface area (Å²) in [5, 5.41) is 11.6. The fraction of sp³-hybridized carbons (Fsp3) is 0.0909. The fourth-order valence-electron chi connectivity index (χ4n) is 5.08. The number of benzene rings is 4. The van der Waals surface area contributed by atoms with E-state index >= 15 is 0 Å². The molecule has 0 fully saturated rings. The monoisotopic (exact) mass is 483 g/mol. The number of furan rings is 1. The number of aromatic nitrogens is 1. The molecule has 0 aliphatic carbocycles. The third kappa shape index (κ3) is 3.77. The van der Waals surface area contributed by atoms with Crippen LogP contribution in [0.3, 0.4) is 0 Å². The van der Waals surface area contributed by atoms with Gasteiger partial charge >= 0.3 is 0 Å². The van der Waals surface area contributed by atoms with Crippen LogP contribution in [0.1, 0.15) is 16.7 Å². The zero-order valence-corrected chi connectivity index (χ0v) is 20.8. The number of hydrogen-bond donors (Lipinski definition) is 0. The molecule has 0 amide bonds. The average molecular weight is 484 g/mol. The maximum Gasteiger partial charge on any atom is 0.216 e. The van der Waals surface area contributed by atoms with E-state index in [4.69, 9.17) is 4.42 Å². The largest absolute Gasteiger partial charge is 0.454 e. The second-order valence-electron chi connectivity index (χ2n) is 9.49. The van der Waals surface area contributed by atoms with E-state index in [0.29, 0.717) is 11.1 Å². The summed E-state index contributed by atoms with van der Waals surface area (Å²) in [6.45, 7) is 3.80. The molecule has 4 heteroatoms. The molecule has 0 aliphatic rings. The molecule has 0 N–H and O–H groups in total. The molecule has 0 bridgehead atoms. The Bertz CT molecular complexity index is 1860. The summed E-state index contributed by atoms with van der Waals surface area (Å²) in [6, 6.07) is 30.6. The Balaban J connectivity index is 1.61. The van der Waals surface area contributed by atoms with Gasteiger partial charge in [0.05, 0.1) is 17.2 Å². The molecule has 0 atom stereocenters. The Kier molecular flexibility index (Phi) is 5.35. The predicted molar refractivity (Wildman–Crippen MR) is 145 cm³/mol.